The number of aliphatic hydroxyl groups is 2. The highest BCUT2D eigenvalue weighted by Gasteiger charge is 2.45. The van der Waals surface area contributed by atoms with E-state index in [0.717, 1.165) is 6.21 Å². The lowest BCUT2D eigenvalue weighted by Gasteiger charge is -2.42. The minimum Gasteiger partial charge on any atom is -0.475 e. The number of hydrogen-bond donors (Lipinski definition) is 5. The molecule has 0 saturated carbocycles. The van der Waals surface area contributed by atoms with Gasteiger partial charge >= 0.3 is 0 Å². The monoisotopic (exact) mass is 340 g/mol. The van der Waals surface area contributed by atoms with Crippen LogP contribution in [-0.2, 0) is 14.2 Å². The summed E-state index contributed by atoms with van der Waals surface area (Å²) in [5.74, 6) is 0.0848. The molecule has 0 unspecified atom stereocenters. The molecule has 0 aromatic heterocycles. The zero-order valence-corrected chi connectivity index (χ0v) is 13.7. The van der Waals surface area contributed by atoms with Gasteiger partial charge in [-0.25, -0.2) is 4.99 Å². The van der Waals surface area contributed by atoms with Gasteiger partial charge in [0.2, 0.25) is 5.88 Å². The first-order valence-electron chi connectivity index (χ1n) is 7.32. The molecule has 24 heavy (non-hydrogen) atoms. The van der Waals surface area contributed by atoms with Gasteiger partial charge in [0.25, 0.3) is 0 Å². The summed E-state index contributed by atoms with van der Waals surface area (Å²) in [4.78, 5) is 3.99. The predicted molar refractivity (Wildman–Crippen MR) is 89.5 cm³/mol. The molecule has 0 aromatic rings. The van der Waals surface area contributed by atoms with E-state index in [4.69, 9.17) is 25.0 Å². The topological polar surface area (TPSA) is 140 Å². The van der Waals surface area contributed by atoms with Crippen LogP contribution in [-0.4, -0.2) is 72.8 Å². The maximum atomic E-state index is 10.3. The Balaban J connectivity index is 2.75. The van der Waals surface area contributed by atoms with E-state index in [9.17, 15) is 10.2 Å². The predicted octanol–water partition coefficient (Wildman–Crippen LogP) is -0.201. The largest absolute Gasteiger partial charge is 0.475 e. The first kappa shape index (κ1) is 20.0. The third kappa shape index (κ3) is 5.24. The van der Waals surface area contributed by atoms with Crippen molar-refractivity contribution in [2.75, 3.05) is 13.7 Å². The summed E-state index contributed by atoms with van der Waals surface area (Å²) in [5.41, 5.74) is 0. The molecule has 9 nitrogen and oxygen atoms in total. The molecule has 1 fully saturated rings. The Morgan fingerprint density at radius 2 is 2.12 bits per heavy atom. The maximum Gasteiger partial charge on any atom is 0.208 e. The third-order valence-electron chi connectivity index (χ3n) is 3.35. The van der Waals surface area contributed by atoms with Crippen LogP contribution in [0.25, 0.3) is 0 Å². The second-order valence-electron chi connectivity index (χ2n) is 4.94. The van der Waals surface area contributed by atoms with Gasteiger partial charge in [0.05, 0.1) is 6.21 Å². The lowest BCUT2D eigenvalue weighted by Crippen LogP contribution is -2.64. The number of amidine groups is 1. The summed E-state index contributed by atoms with van der Waals surface area (Å²) in [6.45, 7) is 5.20. The van der Waals surface area contributed by atoms with Crippen molar-refractivity contribution in [3.8, 4) is 0 Å². The Labute approximate surface area is 140 Å². The number of aliphatic hydroxyl groups excluding tert-OH is 2. The molecule has 0 aliphatic carbocycles. The lowest BCUT2D eigenvalue weighted by molar-refractivity contribution is -0.261. The van der Waals surface area contributed by atoms with Crippen molar-refractivity contribution in [1.29, 1.82) is 10.8 Å². The number of allylic oxidation sites excluding steroid dienone is 2. The molecule has 0 aromatic carbocycles. The SMILES string of the molecule is C=C/C=N\C(=C/C)OC[C@H]1O[C@H](OC)[C@H](NC(=N)C=N)[C@@H](O)[C@H]1O. The van der Waals surface area contributed by atoms with E-state index in [-0.39, 0.29) is 12.4 Å². The third-order valence-corrected chi connectivity index (χ3v) is 3.35. The molecule has 5 N–H and O–H groups in total. The number of hydrogen-bond acceptors (Lipinski definition) is 8. The molecule has 9 heteroatoms. The van der Waals surface area contributed by atoms with Crippen LogP contribution in [0.4, 0.5) is 0 Å². The summed E-state index contributed by atoms with van der Waals surface area (Å²) in [5, 5.41) is 37.5. The Hall–Kier alpha value is -2.07. The molecule has 1 saturated heterocycles. The van der Waals surface area contributed by atoms with Crippen molar-refractivity contribution < 1.29 is 24.4 Å². The van der Waals surface area contributed by atoms with Crippen molar-refractivity contribution in [3.05, 3.63) is 24.6 Å². The average Bonchev–Trinajstić information content (AvgIpc) is 2.60. The number of methoxy groups -OCH3 is 1. The summed E-state index contributed by atoms with van der Waals surface area (Å²) in [6.07, 6.45) is 1.04. The Kier molecular flexibility index (Phi) is 8.27. The summed E-state index contributed by atoms with van der Waals surface area (Å²) >= 11 is 0. The van der Waals surface area contributed by atoms with Gasteiger partial charge in [-0.05, 0) is 13.0 Å². The van der Waals surface area contributed by atoms with Gasteiger partial charge in [0.15, 0.2) is 6.29 Å². The van der Waals surface area contributed by atoms with E-state index in [1.807, 2.05) is 0 Å². The highest BCUT2D eigenvalue weighted by Crippen LogP contribution is 2.22. The van der Waals surface area contributed by atoms with Crippen molar-refractivity contribution in [3.63, 3.8) is 0 Å². The van der Waals surface area contributed by atoms with Gasteiger partial charge in [0.1, 0.15) is 36.8 Å². The maximum absolute atomic E-state index is 10.3. The standard InChI is InChI=1S/C15H24N4O5/c1-4-6-18-11(5-2)23-8-9-13(20)14(21)12(15(22-3)24-9)19-10(17)7-16/h4-7,9,12-16,20-21H,1,8H2,2-3H3,(H2,17,19)/b11-5+,16-7?,18-6-/t9-,12-,13+,14-,15+/m1/s1. The average molecular weight is 340 g/mol. The van der Waals surface area contributed by atoms with Gasteiger partial charge in [-0.2, -0.15) is 0 Å². The molecular weight excluding hydrogens is 316 g/mol. The van der Waals surface area contributed by atoms with E-state index in [1.165, 1.54) is 19.4 Å². The molecule has 0 radical (unpaired) electrons. The zero-order valence-electron chi connectivity index (χ0n) is 13.7. The fraction of sp³-hybridized carbons (Fsp3) is 0.533. The van der Waals surface area contributed by atoms with Crippen LogP contribution < -0.4 is 5.32 Å². The molecule has 1 aliphatic heterocycles. The quantitative estimate of drug-likeness (QED) is 0.235. The van der Waals surface area contributed by atoms with Crippen LogP contribution in [0, 0.1) is 10.8 Å². The molecule has 0 spiro atoms. The molecule has 1 rings (SSSR count). The van der Waals surface area contributed by atoms with E-state index in [0.29, 0.717) is 5.88 Å². The zero-order chi connectivity index (χ0) is 18.1. The summed E-state index contributed by atoms with van der Waals surface area (Å²) in [7, 11) is 1.38. The van der Waals surface area contributed by atoms with Crippen LogP contribution in [0.3, 0.4) is 0 Å². The van der Waals surface area contributed by atoms with E-state index >= 15 is 0 Å². The Morgan fingerprint density at radius 3 is 2.67 bits per heavy atom. The fourth-order valence-corrected chi connectivity index (χ4v) is 2.13. The highest BCUT2D eigenvalue weighted by atomic mass is 16.7. The number of aliphatic imine (C=N–C) groups is 1. The molecule has 0 bridgehead atoms. The number of nitrogens with zero attached hydrogens (tertiary/aromatic N) is 1. The lowest BCUT2D eigenvalue weighted by atomic mass is 9.97. The molecule has 134 valence electrons. The normalized spacial score (nSPS) is 30.8. The molecule has 0 amide bonds. The second-order valence-corrected chi connectivity index (χ2v) is 4.94. The number of nitrogens with one attached hydrogen (secondary N) is 3. The molecule has 5 atom stereocenters. The molecule has 1 aliphatic rings. The molecule has 1 heterocycles. The van der Waals surface area contributed by atoms with Crippen molar-refractivity contribution >= 4 is 18.3 Å². The minimum atomic E-state index is -1.27. The van der Waals surface area contributed by atoms with Crippen LogP contribution >= 0.6 is 0 Å². The number of rotatable bonds is 8. The van der Waals surface area contributed by atoms with Crippen LogP contribution in [0.5, 0.6) is 0 Å². The van der Waals surface area contributed by atoms with Gasteiger partial charge in [-0.1, -0.05) is 12.7 Å². The first-order chi connectivity index (χ1) is 11.5. The van der Waals surface area contributed by atoms with Crippen molar-refractivity contribution in [1.82, 2.24) is 5.32 Å². The number of ether oxygens (including phenoxy) is 3. The smallest absolute Gasteiger partial charge is 0.208 e. The van der Waals surface area contributed by atoms with Gasteiger partial charge in [0, 0.05) is 13.3 Å². The van der Waals surface area contributed by atoms with E-state index in [2.05, 4.69) is 16.9 Å². The van der Waals surface area contributed by atoms with Crippen molar-refractivity contribution in [2.24, 2.45) is 4.99 Å². The van der Waals surface area contributed by atoms with E-state index < -0.39 is 30.6 Å². The van der Waals surface area contributed by atoms with Crippen molar-refractivity contribution in [2.45, 2.75) is 37.6 Å². The van der Waals surface area contributed by atoms with Crippen LogP contribution in [0.1, 0.15) is 6.92 Å². The van der Waals surface area contributed by atoms with Crippen LogP contribution in [0.15, 0.2) is 29.6 Å². The van der Waals surface area contributed by atoms with E-state index in [1.54, 1.807) is 13.0 Å². The minimum absolute atomic E-state index is 0.0546. The summed E-state index contributed by atoms with van der Waals surface area (Å²) in [6, 6.07) is -0.893. The first-order valence-corrected chi connectivity index (χ1v) is 7.32. The van der Waals surface area contributed by atoms with Crippen LogP contribution in [0.2, 0.25) is 0 Å². The Morgan fingerprint density at radius 1 is 1.42 bits per heavy atom. The second kappa shape index (κ2) is 9.93. The Bertz CT molecular complexity index is 506. The van der Waals surface area contributed by atoms with Gasteiger partial charge in [-0.3, -0.25) is 5.41 Å². The fourth-order valence-electron chi connectivity index (χ4n) is 2.13. The molecular formula is C15H24N4O5. The van der Waals surface area contributed by atoms with Gasteiger partial charge < -0.3 is 35.1 Å². The van der Waals surface area contributed by atoms with Gasteiger partial charge in [-0.15, -0.1) is 0 Å². The highest BCUT2D eigenvalue weighted by molar-refractivity contribution is 6.26. The summed E-state index contributed by atoms with van der Waals surface area (Å²) < 4.78 is 16.2.